The number of rotatable bonds is 18. The molecule has 1 saturated heterocycles. The Morgan fingerprint density at radius 1 is 0.730 bits per heavy atom. The van der Waals surface area contributed by atoms with Crippen molar-refractivity contribution < 1.29 is 27.9 Å². The summed E-state index contributed by atoms with van der Waals surface area (Å²) in [7, 11) is -6.61. The molecule has 0 bridgehead atoms. The van der Waals surface area contributed by atoms with Gasteiger partial charge in [0.15, 0.2) is 31.1 Å². The Morgan fingerprint density at radius 2 is 1.08 bits per heavy atom. The Hall–Kier alpha value is -0.729. The molecular formula is C25H53N3O6Si3. The predicted octanol–water partition coefficient (Wildman–Crippen LogP) is 7.32. The summed E-state index contributed by atoms with van der Waals surface area (Å²) in [6, 6.07) is 8.22. The van der Waals surface area contributed by atoms with Crippen molar-refractivity contribution in [3.8, 4) is 0 Å². The van der Waals surface area contributed by atoms with E-state index in [2.05, 4.69) is 72.3 Å². The highest BCUT2D eigenvalue weighted by molar-refractivity contribution is 6.74. The van der Waals surface area contributed by atoms with Crippen LogP contribution in [0.5, 0.6) is 0 Å². The summed E-state index contributed by atoms with van der Waals surface area (Å²) in [6.45, 7) is 19.4. The molecule has 1 aliphatic heterocycles. The highest BCUT2D eigenvalue weighted by atomic mass is 28.4. The quantitative estimate of drug-likeness (QED) is 0.0790. The number of hydrogen-bond donors (Lipinski definition) is 1. The average Bonchev–Trinajstić information content (AvgIpc) is 2.93. The molecule has 0 aromatic heterocycles. The van der Waals surface area contributed by atoms with Crippen molar-refractivity contribution in [3.63, 3.8) is 0 Å². The predicted molar refractivity (Wildman–Crippen MR) is 157 cm³/mol. The second-order valence-electron chi connectivity index (χ2n) is 10.3. The van der Waals surface area contributed by atoms with Gasteiger partial charge in [-0.1, -0.05) is 67.4 Å². The minimum atomic E-state index is -2.23. The molecule has 1 heterocycles. The Kier molecular flexibility index (Phi) is 14.6. The van der Waals surface area contributed by atoms with Crippen molar-refractivity contribution in [1.29, 1.82) is 0 Å². The Balaban J connectivity index is 3.84. The first-order valence-corrected chi connectivity index (χ1v) is 22.1. The van der Waals surface area contributed by atoms with Crippen molar-refractivity contribution in [2.24, 2.45) is 5.11 Å². The first kappa shape index (κ1) is 34.3. The molecule has 0 saturated carbocycles. The summed E-state index contributed by atoms with van der Waals surface area (Å²) >= 11 is 0. The zero-order valence-corrected chi connectivity index (χ0v) is 27.8. The monoisotopic (exact) mass is 575 g/mol. The molecule has 0 aromatic rings. The summed E-state index contributed by atoms with van der Waals surface area (Å²) in [5, 5.41) is 14.2. The van der Waals surface area contributed by atoms with Gasteiger partial charge in [-0.15, -0.1) is 0 Å². The molecular weight excluding hydrogens is 523 g/mol. The third kappa shape index (κ3) is 8.14. The van der Waals surface area contributed by atoms with Gasteiger partial charge in [-0.25, -0.2) is 4.79 Å². The fourth-order valence-electron chi connectivity index (χ4n) is 5.65. The Morgan fingerprint density at radius 3 is 1.41 bits per heavy atom. The first-order chi connectivity index (χ1) is 17.6. The van der Waals surface area contributed by atoms with Gasteiger partial charge in [0.05, 0.1) is 18.8 Å². The second kappa shape index (κ2) is 15.8. The third-order valence-electron chi connectivity index (χ3n) is 9.16. The van der Waals surface area contributed by atoms with E-state index in [1.165, 1.54) is 0 Å². The van der Waals surface area contributed by atoms with Gasteiger partial charge < -0.3 is 23.1 Å². The van der Waals surface area contributed by atoms with Gasteiger partial charge in [0, 0.05) is 4.91 Å². The molecule has 1 N–H and O–H groups in total. The van der Waals surface area contributed by atoms with Gasteiger partial charge in [0.1, 0.15) is 12.2 Å². The summed E-state index contributed by atoms with van der Waals surface area (Å²) in [6.07, 6.45) is -3.83. The molecule has 0 spiro atoms. The molecule has 0 aliphatic carbocycles. The van der Waals surface area contributed by atoms with E-state index in [-0.39, 0.29) is 6.54 Å². The topological polar surface area (TPSA) is 123 Å². The molecule has 0 aromatic carbocycles. The third-order valence-corrected chi connectivity index (χ3v) is 23.1. The van der Waals surface area contributed by atoms with E-state index in [4.69, 9.17) is 23.5 Å². The van der Waals surface area contributed by atoms with E-state index in [9.17, 15) is 9.90 Å². The van der Waals surface area contributed by atoms with Gasteiger partial charge >= 0.3 is 5.97 Å². The number of azide groups is 1. The van der Waals surface area contributed by atoms with Crippen LogP contribution in [-0.4, -0.2) is 73.1 Å². The lowest BCUT2D eigenvalue weighted by Crippen LogP contribution is -2.68. The lowest BCUT2D eigenvalue weighted by molar-refractivity contribution is -0.215. The van der Waals surface area contributed by atoms with Crippen LogP contribution in [0, 0.1) is 0 Å². The van der Waals surface area contributed by atoms with E-state index < -0.39 is 61.4 Å². The van der Waals surface area contributed by atoms with Crippen LogP contribution in [0.4, 0.5) is 0 Å². The van der Waals surface area contributed by atoms with E-state index in [0.717, 1.165) is 54.4 Å². The fourth-order valence-corrected chi connectivity index (χ4v) is 14.2. The first-order valence-electron chi connectivity index (χ1n) is 14.5. The largest absolute Gasteiger partial charge is 0.479 e. The highest BCUT2D eigenvalue weighted by Gasteiger charge is 2.55. The van der Waals surface area contributed by atoms with Gasteiger partial charge in [-0.2, -0.15) is 0 Å². The minimum absolute atomic E-state index is 0.00398. The number of ether oxygens (including phenoxy) is 1. The molecule has 0 unspecified atom stereocenters. The van der Waals surface area contributed by atoms with Crippen LogP contribution in [-0.2, 0) is 22.8 Å². The van der Waals surface area contributed by atoms with Crippen molar-refractivity contribution in [3.05, 3.63) is 10.4 Å². The maximum Gasteiger partial charge on any atom is 0.335 e. The average molecular weight is 576 g/mol. The molecule has 1 rings (SSSR count). The van der Waals surface area contributed by atoms with E-state index in [1.54, 1.807) is 0 Å². The molecule has 0 radical (unpaired) electrons. The van der Waals surface area contributed by atoms with Crippen molar-refractivity contribution >= 4 is 30.9 Å². The fraction of sp³-hybridized carbons (Fsp3) is 0.960. The van der Waals surface area contributed by atoms with Crippen LogP contribution >= 0.6 is 0 Å². The maximum absolute atomic E-state index is 12.6. The van der Waals surface area contributed by atoms with Gasteiger partial charge in [-0.05, 0) is 59.9 Å². The normalized spacial score (nSPS) is 25.1. The van der Waals surface area contributed by atoms with Gasteiger partial charge in [-0.3, -0.25) is 0 Å². The molecule has 216 valence electrons. The smallest absolute Gasteiger partial charge is 0.335 e. The van der Waals surface area contributed by atoms with Crippen LogP contribution in [0.1, 0.15) is 62.3 Å². The molecule has 1 fully saturated rings. The second-order valence-corrected chi connectivity index (χ2v) is 24.5. The van der Waals surface area contributed by atoms with E-state index >= 15 is 0 Å². The van der Waals surface area contributed by atoms with Crippen LogP contribution in [0.25, 0.3) is 10.4 Å². The molecule has 0 amide bonds. The van der Waals surface area contributed by atoms with Crippen LogP contribution < -0.4 is 0 Å². The number of carboxylic acid groups (broad SMARTS) is 1. The van der Waals surface area contributed by atoms with E-state index in [0.29, 0.717) is 0 Å². The summed E-state index contributed by atoms with van der Waals surface area (Å²) in [4.78, 5) is 15.6. The Bertz CT molecular complexity index is 718. The lowest BCUT2D eigenvalue weighted by atomic mass is 9.95. The molecule has 1 aliphatic rings. The highest BCUT2D eigenvalue weighted by Crippen LogP contribution is 2.39. The van der Waals surface area contributed by atoms with Crippen LogP contribution in [0.15, 0.2) is 5.11 Å². The van der Waals surface area contributed by atoms with Gasteiger partial charge in [0.2, 0.25) is 0 Å². The van der Waals surface area contributed by atoms with Gasteiger partial charge in [0.25, 0.3) is 0 Å². The summed E-state index contributed by atoms with van der Waals surface area (Å²) in [5.74, 6) is -1.07. The SMILES string of the molecule is CC[Si](CC)(CC)O[C@@H]1[C@@H](O[Si](CC)(CC)CC)[C@@H](C(=O)O)O[C@H](CN=[N+]=[N-])[C@H]1O[Si](CC)(CC)CC. The standard InChI is InChI=1S/C25H53N3O6Si3/c1-10-35(11-2,12-3)32-21-20(19-27-28-26)31-24(25(29)30)23(34-37(16-7,17-8)18-9)22(21)33-36(13-4,14-5)15-6/h20-24H,10-19H2,1-9H3,(H,29,30)/t20-,21-,22+,23-,24+/m1/s1. The maximum atomic E-state index is 12.6. The number of carboxylic acids is 1. The molecule has 9 nitrogen and oxygen atoms in total. The number of hydrogen-bond acceptors (Lipinski definition) is 6. The lowest BCUT2D eigenvalue weighted by Gasteiger charge is -2.52. The summed E-state index contributed by atoms with van der Waals surface area (Å²) in [5.41, 5.74) is 9.11. The van der Waals surface area contributed by atoms with E-state index in [1.807, 2.05) is 0 Å². The zero-order chi connectivity index (χ0) is 28.3. The van der Waals surface area contributed by atoms with Crippen LogP contribution in [0.3, 0.4) is 0 Å². The molecule has 37 heavy (non-hydrogen) atoms. The van der Waals surface area contributed by atoms with Crippen molar-refractivity contribution in [2.75, 3.05) is 6.54 Å². The zero-order valence-electron chi connectivity index (χ0n) is 24.8. The van der Waals surface area contributed by atoms with Crippen molar-refractivity contribution in [1.82, 2.24) is 0 Å². The molecule has 5 atom stereocenters. The number of aliphatic carboxylic acids is 1. The molecule has 12 heteroatoms. The number of nitrogens with zero attached hydrogens (tertiary/aromatic N) is 3. The summed E-state index contributed by atoms with van der Waals surface area (Å²) < 4.78 is 27.4. The minimum Gasteiger partial charge on any atom is -0.479 e. The Labute approximate surface area is 228 Å². The van der Waals surface area contributed by atoms with Crippen molar-refractivity contribution in [2.45, 2.75) is 147 Å². The van der Waals surface area contributed by atoms with Crippen LogP contribution in [0.2, 0.25) is 54.4 Å². The number of carbonyl (C=O) groups is 1.